The predicted octanol–water partition coefficient (Wildman–Crippen LogP) is 5.63. The maximum atomic E-state index is 9.53. The Morgan fingerprint density at radius 3 is 2.50 bits per heavy atom. The third-order valence-electron chi connectivity index (χ3n) is 5.88. The molecule has 1 unspecified atom stereocenters. The quantitative estimate of drug-likeness (QED) is 0.315. The summed E-state index contributed by atoms with van der Waals surface area (Å²) >= 11 is 0. The van der Waals surface area contributed by atoms with Gasteiger partial charge in [-0.25, -0.2) is 4.98 Å². The zero-order valence-corrected chi connectivity index (χ0v) is 20.1. The summed E-state index contributed by atoms with van der Waals surface area (Å²) in [6, 6.07) is 4.08. The van der Waals surface area contributed by atoms with Gasteiger partial charge in [0.25, 0.3) is 0 Å². The highest BCUT2D eigenvalue weighted by atomic mass is 16.3. The van der Waals surface area contributed by atoms with Crippen molar-refractivity contribution >= 4 is 22.7 Å². The molecule has 3 heterocycles. The van der Waals surface area contributed by atoms with Crippen LogP contribution in [-0.2, 0) is 0 Å². The first-order chi connectivity index (χ1) is 15.5. The van der Waals surface area contributed by atoms with Crippen molar-refractivity contribution in [1.29, 1.82) is 0 Å². The Morgan fingerprint density at radius 1 is 0.969 bits per heavy atom. The van der Waals surface area contributed by atoms with E-state index in [0.717, 1.165) is 77.5 Å². The smallest absolute Gasteiger partial charge is 0.224 e. The molecule has 3 rings (SSSR count). The van der Waals surface area contributed by atoms with E-state index in [0.29, 0.717) is 5.95 Å². The van der Waals surface area contributed by atoms with E-state index in [9.17, 15) is 5.11 Å². The van der Waals surface area contributed by atoms with Gasteiger partial charge in [0.1, 0.15) is 11.6 Å². The molecule has 0 fully saturated rings. The van der Waals surface area contributed by atoms with Crippen molar-refractivity contribution in [3.63, 3.8) is 0 Å². The third kappa shape index (κ3) is 5.76. The monoisotopic (exact) mass is 439 g/mol. The summed E-state index contributed by atoms with van der Waals surface area (Å²) in [5.41, 5.74) is 4.37. The Balaban J connectivity index is 1.94. The van der Waals surface area contributed by atoms with Crippen molar-refractivity contribution in [1.82, 2.24) is 15.0 Å². The second-order valence-electron chi connectivity index (χ2n) is 8.54. The number of rotatable bonds is 12. The van der Waals surface area contributed by atoms with Crippen LogP contribution in [0.25, 0.3) is 22.3 Å². The Kier molecular flexibility index (Phi) is 8.45. The average Bonchev–Trinajstić information content (AvgIpc) is 3.18. The van der Waals surface area contributed by atoms with Gasteiger partial charge in [-0.05, 0) is 51.7 Å². The molecular weight excluding hydrogens is 402 g/mol. The van der Waals surface area contributed by atoms with Gasteiger partial charge in [0.15, 0.2) is 5.58 Å². The number of aliphatic hydroxyl groups is 1. The Bertz CT molecular complexity index is 1030. The molecule has 3 N–H and O–H groups in total. The number of pyridine rings is 1. The highest BCUT2D eigenvalue weighted by molar-refractivity contribution is 5.87. The number of nitrogens with one attached hydrogen (secondary N) is 2. The van der Waals surface area contributed by atoms with Crippen molar-refractivity contribution in [3.05, 3.63) is 29.2 Å². The van der Waals surface area contributed by atoms with Gasteiger partial charge >= 0.3 is 0 Å². The minimum atomic E-state index is 0.202. The number of anilines is 2. The molecule has 0 radical (unpaired) electrons. The van der Waals surface area contributed by atoms with Crippen molar-refractivity contribution in [3.8, 4) is 11.3 Å². The van der Waals surface area contributed by atoms with Crippen molar-refractivity contribution < 1.29 is 9.52 Å². The molecular formula is C25H37N5O2. The SMILES string of the molecule is CCCCCNc1nc(C)c(-c2cc3cc(C)nc(C)c3o2)c(NCCC(CC)CO)n1. The molecule has 174 valence electrons. The molecule has 3 aromatic rings. The highest BCUT2D eigenvalue weighted by Crippen LogP contribution is 2.35. The summed E-state index contributed by atoms with van der Waals surface area (Å²) in [6.07, 6.45) is 5.27. The first-order valence-electron chi connectivity index (χ1n) is 11.8. The first-order valence-corrected chi connectivity index (χ1v) is 11.8. The largest absolute Gasteiger partial charge is 0.454 e. The van der Waals surface area contributed by atoms with Crippen molar-refractivity contribution in [2.45, 2.75) is 66.7 Å². The van der Waals surface area contributed by atoms with E-state index in [1.165, 1.54) is 12.8 Å². The number of furan rings is 1. The minimum absolute atomic E-state index is 0.202. The fraction of sp³-hybridized carbons (Fsp3) is 0.560. The summed E-state index contributed by atoms with van der Waals surface area (Å²) in [7, 11) is 0. The van der Waals surface area contributed by atoms with Crippen LogP contribution in [0.4, 0.5) is 11.8 Å². The molecule has 0 spiro atoms. The van der Waals surface area contributed by atoms with Gasteiger partial charge in [-0.2, -0.15) is 4.98 Å². The van der Waals surface area contributed by atoms with Gasteiger partial charge in [0.2, 0.25) is 5.95 Å². The summed E-state index contributed by atoms with van der Waals surface area (Å²) in [5, 5.41) is 17.4. The number of aliphatic hydroxyl groups excluding tert-OH is 1. The molecule has 32 heavy (non-hydrogen) atoms. The van der Waals surface area contributed by atoms with Gasteiger partial charge in [-0.1, -0.05) is 33.1 Å². The maximum Gasteiger partial charge on any atom is 0.224 e. The number of aromatic nitrogens is 3. The van der Waals surface area contributed by atoms with Crippen LogP contribution in [0.1, 0.15) is 63.0 Å². The van der Waals surface area contributed by atoms with E-state index in [1.807, 2.05) is 32.9 Å². The third-order valence-corrected chi connectivity index (χ3v) is 5.88. The second-order valence-corrected chi connectivity index (χ2v) is 8.54. The van der Waals surface area contributed by atoms with Crippen LogP contribution in [0, 0.1) is 26.7 Å². The molecule has 3 aromatic heterocycles. The Morgan fingerprint density at radius 2 is 1.78 bits per heavy atom. The van der Waals surface area contributed by atoms with Crippen LogP contribution >= 0.6 is 0 Å². The minimum Gasteiger partial charge on any atom is -0.454 e. The number of fused-ring (bicyclic) bond motifs is 1. The number of aryl methyl sites for hydroxylation is 3. The molecule has 7 nitrogen and oxygen atoms in total. The second kappa shape index (κ2) is 11.3. The van der Waals surface area contributed by atoms with Crippen molar-refractivity contribution in [2.75, 3.05) is 30.3 Å². The van der Waals surface area contributed by atoms with Crippen LogP contribution in [0.15, 0.2) is 16.5 Å². The molecule has 0 saturated heterocycles. The summed E-state index contributed by atoms with van der Waals surface area (Å²) in [5.74, 6) is 2.40. The fourth-order valence-electron chi connectivity index (χ4n) is 3.96. The fourth-order valence-corrected chi connectivity index (χ4v) is 3.96. The van der Waals surface area contributed by atoms with E-state index >= 15 is 0 Å². The summed E-state index contributed by atoms with van der Waals surface area (Å²) in [6.45, 7) is 12.0. The molecule has 0 bridgehead atoms. The zero-order chi connectivity index (χ0) is 23.1. The van der Waals surface area contributed by atoms with Gasteiger partial charge in [0, 0.05) is 30.8 Å². The average molecular weight is 440 g/mol. The molecule has 7 heteroatoms. The number of hydrogen-bond donors (Lipinski definition) is 3. The Hall–Kier alpha value is -2.67. The molecule has 0 aromatic carbocycles. The molecule has 0 amide bonds. The number of unbranched alkanes of at least 4 members (excludes halogenated alkanes) is 2. The van der Waals surface area contributed by atoms with Crippen LogP contribution in [0.3, 0.4) is 0 Å². The number of nitrogens with zero attached hydrogens (tertiary/aromatic N) is 3. The lowest BCUT2D eigenvalue weighted by atomic mass is 10.0. The van der Waals surface area contributed by atoms with Gasteiger partial charge in [-0.15, -0.1) is 0 Å². The van der Waals surface area contributed by atoms with Crippen LogP contribution in [-0.4, -0.2) is 39.8 Å². The molecule has 0 aliphatic heterocycles. The lowest BCUT2D eigenvalue weighted by molar-refractivity contribution is 0.217. The first kappa shape index (κ1) is 24.0. The Labute approximate surface area is 191 Å². The molecule has 0 aliphatic rings. The lowest BCUT2D eigenvalue weighted by Crippen LogP contribution is -2.15. The predicted molar refractivity (Wildman–Crippen MR) is 131 cm³/mol. The maximum absolute atomic E-state index is 9.53. The van der Waals surface area contributed by atoms with E-state index in [2.05, 4.69) is 29.5 Å². The molecule has 0 aliphatic carbocycles. The van der Waals surface area contributed by atoms with Gasteiger partial charge in [0.05, 0.1) is 17.0 Å². The number of hydrogen-bond acceptors (Lipinski definition) is 7. The summed E-state index contributed by atoms with van der Waals surface area (Å²) in [4.78, 5) is 14.0. The zero-order valence-electron chi connectivity index (χ0n) is 20.1. The van der Waals surface area contributed by atoms with E-state index in [4.69, 9.17) is 14.4 Å². The van der Waals surface area contributed by atoms with E-state index in [-0.39, 0.29) is 12.5 Å². The van der Waals surface area contributed by atoms with Crippen molar-refractivity contribution in [2.24, 2.45) is 5.92 Å². The van der Waals surface area contributed by atoms with Gasteiger partial charge in [-0.3, -0.25) is 4.98 Å². The highest BCUT2D eigenvalue weighted by Gasteiger charge is 2.19. The molecule has 1 atom stereocenters. The summed E-state index contributed by atoms with van der Waals surface area (Å²) < 4.78 is 6.24. The normalized spacial score (nSPS) is 12.3. The standard InChI is InChI=1S/C25H37N5O2/c1-6-8-9-11-27-25-29-17(4)22(24(30-25)26-12-10-19(7-2)15-31)21-14-20-13-16(3)28-18(5)23(20)32-21/h13-14,19,31H,6-12,15H2,1-5H3,(H2,26,27,29,30). The van der Waals surface area contributed by atoms with Crippen LogP contribution < -0.4 is 10.6 Å². The van der Waals surface area contributed by atoms with E-state index in [1.54, 1.807) is 0 Å². The van der Waals surface area contributed by atoms with Crippen LogP contribution in [0.5, 0.6) is 0 Å². The topological polar surface area (TPSA) is 96.1 Å². The van der Waals surface area contributed by atoms with Crippen LogP contribution in [0.2, 0.25) is 0 Å². The lowest BCUT2D eigenvalue weighted by Gasteiger charge is -2.16. The van der Waals surface area contributed by atoms with E-state index < -0.39 is 0 Å². The van der Waals surface area contributed by atoms with Gasteiger partial charge < -0.3 is 20.2 Å². The molecule has 0 saturated carbocycles.